The van der Waals surface area contributed by atoms with Gasteiger partial charge in [0.15, 0.2) is 0 Å². The molecule has 1 aliphatic heterocycles. The fourth-order valence-corrected chi connectivity index (χ4v) is 4.24. The van der Waals surface area contributed by atoms with E-state index < -0.39 is 0 Å². The molecule has 3 aromatic rings. The van der Waals surface area contributed by atoms with Crippen molar-refractivity contribution in [2.75, 3.05) is 18.0 Å². The second-order valence-corrected chi connectivity index (χ2v) is 8.68. The number of nitrogens with zero attached hydrogens (tertiary/aromatic N) is 5. The monoisotopic (exact) mass is 466 g/mol. The van der Waals surface area contributed by atoms with E-state index in [0.717, 1.165) is 30.5 Å². The lowest BCUT2D eigenvalue weighted by Crippen LogP contribution is -2.27. The fraction of sp³-hybridized carbons (Fsp3) is 0.348. The largest absolute Gasteiger partial charge is 0.472 e. The van der Waals surface area contributed by atoms with E-state index in [4.69, 9.17) is 16.3 Å². The van der Waals surface area contributed by atoms with Crippen LogP contribution in [0, 0.1) is 11.8 Å². The van der Waals surface area contributed by atoms with Crippen molar-refractivity contribution in [3.8, 4) is 5.88 Å². The Balaban J connectivity index is 1.35. The van der Waals surface area contributed by atoms with Crippen molar-refractivity contribution < 1.29 is 14.6 Å². The van der Waals surface area contributed by atoms with Gasteiger partial charge in [-0.1, -0.05) is 23.7 Å². The first-order valence-corrected chi connectivity index (χ1v) is 11.2. The summed E-state index contributed by atoms with van der Waals surface area (Å²) in [6.45, 7) is 2.06. The molecular formula is C23H23ClN6O3. The molecule has 1 saturated carbocycles. The second-order valence-electron chi connectivity index (χ2n) is 8.27. The number of carbonyl (C=O) groups is 1. The minimum absolute atomic E-state index is 0.136. The zero-order valence-electron chi connectivity index (χ0n) is 17.8. The number of hydrogen-bond donors (Lipinski definition) is 2. The van der Waals surface area contributed by atoms with Crippen LogP contribution in [0.4, 0.5) is 5.95 Å². The van der Waals surface area contributed by atoms with E-state index in [9.17, 15) is 9.90 Å². The lowest BCUT2D eigenvalue weighted by atomic mass is 10.1. The van der Waals surface area contributed by atoms with Crippen LogP contribution < -0.4 is 15.0 Å². The normalized spacial score (nSPS) is 18.7. The van der Waals surface area contributed by atoms with Gasteiger partial charge < -0.3 is 20.1 Å². The zero-order valence-corrected chi connectivity index (χ0v) is 18.6. The Kier molecular flexibility index (Phi) is 6.06. The molecular weight excluding hydrogens is 444 g/mol. The summed E-state index contributed by atoms with van der Waals surface area (Å²) < 4.78 is 5.97. The van der Waals surface area contributed by atoms with Gasteiger partial charge in [0.25, 0.3) is 5.91 Å². The number of ether oxygens (including phenoxy) is 1. The highest BCUT2D eigenvalue weighted by Gasteiger charge is 2.46. The first kappa shape index (κ1) is 21.5. The van der Waals surface area contributed by atoms with Gasteiger partial charge in [0.2, 0.25) is 11.8 Å². The number of benzene rings is 1. The van der Waals surface area contributed by atoms with E-state index in [1.165, 1.54) is 12.6 Å². The molecule has 1 saturated heterocycles. The summed E-state index contributed by atoms with van der Waals surface area (Å²) >= 11 is 6.20. The van der Waals surface area contributed by atoms with Crippen LogP contribution in [-0.4, -0.2) is 44.0 Å². The number of hydrogen-bond acceptors (Lipinski definition) is 8. The molecule has 2 unspecified atom stereocenters. The minimum atomic E-state index is -0.373. The molecule has 0 bridgehead atoms. The Labute approximate surface area is 195 Å². The molecule has 9 nitrogen and oxygen atoms in total. The number of halogens is 1. The Hall–Kier alpha value is -3.30. The van der Waals surface area contributed by atoms with Crippen molar-refractivity contribution in [2.45, 2.75) is 26.2 Å². The molecule has 2 fully saturated rings. The second kappa shape index (κ2) is 9.29. The molecule has 2 N–H and O–H groups in total. The van der Waals surface area contributed by atoms with Gasteiger partial charge in [-0.25, -0.2) is 15.0 Å². The van der Waals surface area contributed by atoms with Gasteiger partial charge in [-0.05, 0) is 41.5 Å². The molecule has 1 aromatic carbocycles. The standard InChI is InChI=1S/C23H23ClN6O3/c24-19-6-14(2-3-15(19)12-31)13-33-22-18(21(32)27-9-20-25-4-1-5-26-20)8-28-23(29-22)30-10-16-7-17(16)11-30/h1-6,8,16-17,31H,7,9-13H2,(H,27,32). The number of piperidine rings is 1. The average molecular weight is 467 g/mol. The van der Waals surface area contributed by atoms with Crippen LogP contribution in [0.3, 0.4) is 0 Å². The lowest BCUT2D eigenvalue weighted by molar-refractivity contribution is 0.0944. The number of amides is 1. The third-order valence-electron chi connectivity index (χ3n) is 5.94. The van der Waals surface area contributed by atoms with E-state index in [2.05, 4.69) is 30.2 Å². The zero-order chi connectivity index (χ0) is 22.8. The topological polar surface area (TPSA) is 113 Å². The van der Waals surface area contributed by atoms with Crippen LogP contribution in [0.2, 0.25) is 5.02 Å². The molecule has 3 heterocycles. The first-order valence-electron chi connectivity index (χ1n) is 10.8. The third kappa shape index (κ3) is 4.89. The highest BCUT2D eigenvalue weighted by Crippen LogP contribution is 2.45. The molecule has 1 amide bonds. The Bertz CT molecular complexity index is 1150. The van der Waals surface area contributed by atoms with Gasteiger partial charge >= 0.3 is 0 Å². The summed E-state index contributed by atoms with van der Waals surface area (Å²) in [6, 6.07) is 7.01. The maximum atomic E-state index is 12.9. The van der Waals surface area contributed by atoms with Gasteiger partial charge in [-0.2, -0.15) is 4.98 Å². The molecule has 0 radical (unpaired) electrons. The Morgan fingerprint density at radius 2 is 2.00 bits per heavy atom. The molecule has 1 aliphatic carbocycles. The van der Waals surface area contributed by atoms with E-state index in [0.29, 0.717) is 22.4 Å². The summed E-state index contributed by atoms with van der Waals surface area (Å²) in [4.78, 5) is 32.3. The molecule has 2 aromatic heterocycles. The summed E-state index contributed by atoms with van der Waals surface area (Å²) in [6.07, 6.45) is 6.01. The molecule has 10 heteroatoms. The van der Waals surface area contributed by atoms with Gasteiger partial charge in [0.1, 0.15) is 18.0 Å². The first-order chi connectivity index (χ1) is 16.1. The number of anilines is 1. The molecule has 170 valence electrons. The van der Waals surface area contributed by atoms with Crippen molar-refractivity contribution in [2.24, 2.45) is 11.8 Å². The SMILES string of the molecule is O=C(NCc1ncccn1)c1cnc(N2CC3CC3C2)nc1OCc1ccc(CO)c(Cl)c1. The molecule has 2 atom stereocenters. The van der Waals surface area contributed by atoms with Crippen LogP contribution >= 0.6 is 11.6 Å². The van der Waals surface area contributed by atoms with Crippen LogP contribution in [0.15, 0.2) is 42.9 Å². The Morgan fingerprint density at radius 3 is 2.73 bits per heavy atom. The summed E-state index contributed by atoms with van der Waals surface area (Å²) in [7, 11) is 0. The number of nitrogens with one attached hydrogen (secondary N) is 1. The maximum Gasteiger partial charge on any atom is 0.258 e. The van der Waals surface area contributed by atoms with Crippen molar-refractivity contribution in [3.63, 3.8) is 0 Å². The quantitative estimate of drug-likeness (QED) is 0.520. The van der Waals surface area contributed by atoms with Crippen molar-refractivity contribution in [3.05, 3.63) is 70.4 Å². The number of fused-ring (bicyclic) bond motifs is 1. The van der Waals surface area contributed by atoms with Crippen LogP contribution in [0.25, 0.3) is 0 Å². The number of rotatable bonds is 8. The smallest absolute Gasteiger partial charge is 0.258 e. The predicted octanol–water partition coefficient (Wildman–Crippen LogP) is 2.38. The summed E-state index contributed by atoms with van der Waals surface area (Å²) in [5.74, 6) is 2.34. The minimum Gasteiger partial charge on any atom is -0.472 e. The van der Waals surface area contributed by atoms with Gasteiger partial charge in [-0.15, -0.1) is 0 Å². The number of carbonyl (C=O) groups excluding carboxylic acids is 1. The molecule has 0 spiro atoms. The van der Waals surface area contributed by atoms with Crippen LogP contribution in [-0.2, 0) is 19.8 Å². The molecule has 5 rings (SSSR count). The van der Waals surface area contributed by atoms with Crippen LogP contribution in [0.1, 0.15) is 33.7 Å². The predicted molar refractivity (Wildman–Crippen MR) is 121 cm³/mol. The van der Waals surface area contributed by atoms with Crippen molar-refractivity contribution in [1.82, 2.24) is 25.3 Å². The van der Waals surface area contributed by atoms with Gasteiger partial charge in [0.05, 0.1) is 13.2 Å². The van der Waals surface area contributed by atoms with E-state index in [1.807, 2.05) is 6.07 Å². The Morgan fingerprint density at radius 1 is 1.21 bits per heavy atom. The van der Waals surface area contributed by atoms with E-state index >= 15 is 0 Å². The lowest BCUT2D eigenvalue weighted by Gasteiger charge is -2.19. The maximum absolute atomic E-state index is 12.9. The van der Waals surface area contributed by atoms with Crippen molar-refractivity contribution >= 4 is 23.5 Å². The molecule has 33 heavy (non-hydrogen) atoms. The van der Waals surface area contributed by atoms with Gasteiger partial charge in [-0.3, -0.25) is 4.79 Å². The molecule has 2 aliphatic rings. The average Bonchev–Trinajstić information content (AvgIpc) is 3.46. The number of aromatic nitrogens is 4. The number of aliphatic hydroxyl groups is 1. The number of aliphatic hydroxyl groups excluding tert-OH is 1. The van der Waals surface area contributed by atoms with Gasteiger partial charge in [0, 0.05) is 36.7 Å². The van der Waals surface area contributed by atoms with E-state index in [-0.39, 0.29) is 37.1 Å². The summed E-state index contributed by atoms with van der Waals surface area (Å²) in [5.41, 5.74) is 1.67. The highest BCUT2D eigenvalue weighted by molar-refractivity contribution is 6.31. The third-order valence-corrected chi connectivity index (χ3v) is 6.29. The van der Waals surface area contributed by atoms with Crippen molar-refractivity contribution in [1.29, 1.82) is 0 Å². The summed E-state index contributed by atoms with van der Waals surface area (Å²) in [5, 5.41) is 12.6. The highest BCUT2D eigenvalue weighted by atomic mass is 35.5. The van der Waals surface area contributed by atoms with Crippen LogP contribution in [0.5, 0.6) is 5.88 Å². The fourth-order valence-electron chi connectivity index (χ4n) is 3.97. The van der Waals surface area contributed by atoms with E-state index in [1.54, 1.807) is 30.6 Å².